The van der Waals surface area contributed by atoms with Gasteiger partial charge < -0.3 is 5.32 Å². The quantitative estimate of drug-likeness (QED) is 0.819. The number of hydrogen-bond donors (Lipinski definition) is 2. The van der Waals surface area contributed by atoms with Crippen LogP contribution in [0.3, 0.4) is 0 Å². The number of aromatic nitrogens is 1. The SMILES string of the molecule is CC(C)(C)Nc1ncccc1C(=N)c1ccccc1. The van der Waals surface area contributed by atoms with Crippen molar-refractivity contribution in [3.63, 3.8) is 0 Å². The molecular formula is C16H19N3. The minimum Gasteiger partial charge on any atom is -0.365 e. The highest BCUT2D eigenvalue weighted by molar-refractivity contribution is 6.13. The van der Waals surface area contributed by atoms with E-state index < -0.39 is 0 Å². The minimum atomic E-state index is -0.0833. The Kier molecular flexibility index (Phi) is 3.65. The first-order valence-electron chi connectivity index (χ1n) is 6.35. The molecule has 2 N–H and O–H groups in total. The van der Waals surface area contributed by atoms with Gasteiger partial charge in [-0.1, -0.05) is 30.3 Å². The van der Waals surface area contributed by atoms with Crippen molar-refractivity contribution in [1.82, 2.24) is 4.98 Å². The summed E-state index contributed by atoms with van der Waals surface area (Å²) in [7, 11) is 0. The highest BCUT2D eigenvalue weighted by Gasteiger charge is 2.15. The van der Waals surface area contributed by atoms with E-state index in [1.807, 2.05) is 42.5 Å². The average Bonchev–Trinajstić information content (AvgIpc) is 2.38. The smallest absolute Gasteiger partial charge is 0.135 e. The van der Waals surface area contributed by atoms with Gasteiger partial charge in [-0.05, 0) is 32.9 Å². The molecule has 2 rings (SSSR count). The Labute approximate surface area is 114 Å². The van der Waals surface area contributed by atoms with Crippen molar-refractivity contribution in [2.24, 2.45) is 0 Å². The van der Waals surface area contributed by atoms with Crippen LogP contribution in [-0.4, -0.2) is 16.2 Å². The molecule has 0 saturated carbocycles. The summed E-state index contributed by atoms with van der Waals surface area (Å²) in [5.74, 6) is 0.754. The number of benzene rings is 1. The largest absolute Gasteiger partial charge is 0.365 e. The summed E-state index contributed by atoms with van der Waals surface area (Å²) in [6.07, 6.45) is 1.75. The summed E-state index contributed by atoms with van der Waals surface area (Å²) in [5, 5.41) is 11.7. The van der Waals surface area contributed by atoms with Gasteiger partial charge in [-0.2, -0.15) is 0 Å². The first-order valence-corrected chi connectivity index (χ1v) is 6.35. The molecule has 1 aromatic heterocycles. The molecule has 1 aromatic carbocycles. The van der Waals surface area contributed by atoms with Gasteiger partial charge in [0, 0.05) is 22.9 Å². The Morgan fingerprint density at radius 3 is 2.37 bits per heavy atom. The van der Waals surface area contributed by atoms with Crippen LogP contribution in [0.25, 0.3) is 0 Å². The zero-order chi connectivity index (χ0) is 13.9. The maximum absolute atomic E-state index is 8.34. The molecule has 2 aromatic rings. The number of rotatable bonds is 3. The van der Waals surface area contributed by atoms with Gasteiger partial charge >= 0.3 is 0 Å². The molecule has 0 fully saturated rings. The molecule has 0 atom stereocenters. The van der Waals surface area contributed by atoms with E-state index in [1.165, 1.54) is 0 Å². The molecule has 0 radical (unpaired) electrons. The van der Waals surface area contributed by atoms with E-state index in [0.717, 1.165) is 16.9 Å². The second-order valence-corrected chi connectivity index (χ2v) is 5.52. The zero-order valence-electron chi connectivity index (χ0n) is 11.6. The molecule has 0 saturated heterocycles. The van der Waals surface area contributed by atoms with Crippen molar-refractivity contribution in [3.8, 4) is 0 Å². The predicted octanol–water partition coefficient (Wildman–Crippen LogP) is 3.71. The molecule has 0 amide bonds. The number of nitrogens with zero attached hydrogens (tertiary/aromatic N) is 1. The Hall–Kier alpha value is -2.16. The van der Waals surface area contributed by atoms with E-state index in [9.17, 15) is 0 Å². The normalized spacial score (nSPS) is 11.1. The van der Waals surface area contributed by atoms with Crippen molar-refractivity contribution in [1.29, 1.82) is 5.41 Å². The van der Waals surface area contributed by atoms with Crippen LogP contribution >= 0.6 is 0 Å². The number of nitrogens with one attached hydrogen (secondary N) is 2. The van der Waals surface area contributed by atoms with Crippen LogP contribution in [0.1, 0.15) is 31.9 Å². The van der Waals surface area contributed by atoms with Crippen molar-refractivity contribution in [3.05, 3.63) is 59.8 Å². The topological polar surface area (TPSA) is 48.8 Å². The van der Waals surface area contributed by atoms with Crippen LogP contribution in [0.2, 0.25) is 0 Å². The molecule has 1 heterocycles. The third-order valence-electron chi connectivity index (χ3n) is 2.63. The van der Waals surface area contributed by atoms with Gasteiger partial charge in [0.05, 0.1) is 5.71 Å². The fourth-order valence-electron chi connectivity index (χ4n) is 1.82. The molecule has 0 aliphatic heterocycles. The van der Waals surface area contributed by atoms with Crippen molar-refractivity contribution < 1.29 is 0 Å². The lowest BCUT2D eigenvalue weighted by Crippen LogP contribution is -2.28. The monoisotopic (exact) mass is 253 g/mol. The lowest BCUT2D eigenvalue weighted by atomic mass is 10.0. The molecule has 3 nitrogen and oxygen atoms in total. The molecule has 0 spiro atoms. The van der Waals surface area contributed by atoms with Gasteiger partial charge in [0.15, 0.2) is 0 Å². The number of anilines is 1. The minimum absolute atomic E-state index is 0.0833. The third-order valence-corrected chi connectivity index (χ3v) is 2.63. The van der Waals surface area contributed by atoms with E-state index in [1.54, 1.807) is 6.20 Å². The van der Waals surface area contributed by atoms with Crippen LogP contribution in [0, 0.1) is 5.41 Å². The second-order valence-electron chi connectivity index (χ2n) is 5.52. The Bertz CT molecular complexity index is 568. The van der Waals surface area contributed by atoms with Gasteiger partial charge in [-0.25, -0.2) is 4.98 Å². The number of hydrogen-bond acceptors (Lipinski definition) is 3. The Morgan fingerprint density at radius 2 is 1.74 bits per heavy atom. The molecule has 0 aliphatic rings. The summed E-state index contributed by atoms with van der Waals surface area (Å²) < 4.78 is 0. The molecule has 0 aliphatic carbocycles. The van der Waals surface area contributed by atoms with Gasteiger partial charge in [0.25, 0.3) is 0 Å². The van der Waals surface area contributed by atoms with Crippen LogP contribution < -0.4 is 5.32 Å². The summed E-state index contributed by atoms with van der Waals surface area (Å²) in [6, 6.07) is 13.5. The molecule has 98 valence electrons. The molecule has 0 bridgehead atoms. The van der Waals surface area contributed by atoms with E-state index in [2.05, 4.69) is 31.1 Å². The highest BCUT2D eigenvalue weighted by atomic mass is 15.0. The van der Waals surface area contributed by atoms with E-state index in [4.69, 9.17) is 5.41 Å². The Balaban J connectivity index is 2.38. The third kappa shape index (κ3) is 3.41. The maximum atomic E-state index is 8.34. The van der Waals surface area contributed by atoms with E-state index >= 15 is 0 Å². The molecule has 3 heteroatoms. The summed E-state index contributed by atoms with van der Waals surface area (Å²) in [6.45, 7) is 6.24. The van der Waals surface area contributed by atoms with Crippen LogP contribution in [0.4, 0.5) is 5.82 Å². The first-order chi connectivity index (χ1) is 8.97. The zero-order valence-corrected chi connectivity index (χ0v) is 11.6. The van der Waals surface area contributed by atoms with Crippen LogP contribution in [0.5, 0.6) is 0 Å². The van der Waals surface area contributed by atoms with Crippen molar-refractivity contribution in [2.75, 3.05) is 5.32 Å². The lowest BCUT2D eigenvalue weighted by molar-refractivity contribution is 0.630. The van der Waals surface area contributed by atoms with Gasteiger partial charge in [-0.3, -0.25) is 5.41 Å². The molecule has 0 unspecified atom stereocenters. The summed E-state index contributed by atoms with van der Waals surface area (Å²) in [4.78, 5) is 4.36. The maximum Gasteiger partial charge on any atom is 0.135 e. The predicted molar refractivity (Wildman–Crippen MR) is 80.0 cm³/mol. The number of pyridine rings is 1. The fraction of sp³-hybridized carbons (Fsp3) is 0.250. The summed E-state index contributed by atoms with van der Waals surface area (Å²) in [5.41, 5.74) is 2.12. The van der Waals surface area contributed by atoms with Crippen LogP contribution in [0.15, 0.2) is 48.7 Å². The van der Waals surface area contributed by atoms with Gasteiger partial charge in [-0.15, -0.1) is 0 Å². The molecular weight excluding hydrogens is 234 g/mol. The second kappa shape index (κ2) is 5.22. The van der Waals surface area contributed by atoms with E-state index in [-0.39, 0.29) is 5.54 Å². The standard InChI is InChI=1S/C16H19N3/c1-16(2,3)19-15-13(10-7-11-18-15)14(17)12-8-5-4-6-9-12/h4-11,17H,1-3H3,(H,18,19). The van der Waals surface area contributed by atoms with Crippen molar-refractivity contribution in [2.45, 2.75) is 26.3 Å². The fourth-order valence-corrected chi connectivity index (χ4v) is 1.82. The summed E-state index contributed by atoms with van der Waals surface area (Å²) >= 11 is 0. The molecule has 19 heavy (non-hydrogen) atoms. The average molecular weight is 253 g/mol. The first kappa shape index (κ1) is 13.3. The highest BCUT2D eigenvalue weighted by Crippen LogP contribution is 2.20. The van der Waals surface area contributed by atoms with Crippen molar-refractivity contribution >= 4 is 11.5 Å². The van der Waals surface area contributed by atoms with Crippen LogP contribution in [-0.2, 0) is 0 Å². The lowest BCUT2D eigenvalue weighted by Gasteiger charge is -2.23. The van der Waals surface area contributed by atoms with Gasteiger partial charge in [0.1, 0.15) is 5.82 Å². The van der Waals surface area contributed by atoms with Gasteiger partial charge in [0.2, 0.25) is 0 Å². The van der Waals surface area contributed by atoms with E-state index in [0.29, 0.717) is 5.71 Å². The Morgan fingerprint density at radius 1 is 1.05 bits per heavy atom.